The lowest BCUT2D eigenvalue weighted by molar-refractivity contribution is -0.131. The fourth-order valence-electron chi connectivity index (χ4n) is 4.97. The molecule has 1 aliphatic carbocycles. The van der Waals surface area contributed by atoms with Gasteiger partial charge in [-0.25, -0.2) is 4.79 Å². The maximum absolute atomic E-state index is 13.2. The van der Waals surface area contributed by atoms with Crippen molar-refractivity contribution in [3.63, 3.8) is 0 Å². The summed E-state index contributed by atoms with van der Waals surface area (Å²) in [7, 11) is 0. The Balaban J connectivity index is 1.44. The highest BCUT2D eigenvalue weighted by molar-refractivity contribution is 14.1. The van der Waals surface area contributed by atoms with Crippen LogP contribution in [0.2, 0.25) is 0 Å². The predicted molar refractivity (Wildman–Crippen MR) is 149 cm³/mol. The average Bonchev–Trinajstić information content (AvgIpc) is 3.40. The number of hydrogen-bond acceptors (Lipinski definition) is 5. The van der Waals surface area contributed by atoms with Crippen molar-refractivity contribution in [2.24, 2.45) is 0 Å². The minimum Gasteiger partial charge on any atom is -0.490 e. The molecule has 0 unspecified atom stereocenters. The summed E-state index contributed by atoms with van der Waals surface area (Å²) < 4.78 is 12.9. The number of fused-ring (bicyclic) bond motifs is 1. The molecular weight excluding hydrogens is 583 g/mol. The van der Waals surface area contributed by atoms with Gasteiger partial charge in [-0.1, -0.05) is 55.3 Å². The number of barbiturate groups is 1. The normalized spacial score (nSPS) is 17.5. The second-order valence-corrected chi connectivity index (χ2v) is 10.3. The van der Waals surface area contributed by atoms with Crippen LogP contribution in [0.3, 0.4) is 0 Å². The van der Waals surface area contributed by atoms with Crippen molar-refractivity contribution in [1.82, 2.24) is 10.2 Å². The van der Waals surface area contributed by atoms with Gasteiger partial charge in [-0.2, -0.15) is 0 Å². The van der Waals surface area contributed by atoms with Gasteiger partial charge in [0.2, 0.25) is 0 Å². The molecule has 1 aliphatic heterocycles. The molecule has 0 spiro atoms. The van der Waals surface area contributed by atoms with Gasteiger partial charge >= 0.3 is 6.03 Å². The van der Waals surface area contributed by atoms with Crippen molar-refractivity contribution in [3.05, 3.63) is 74.9 Å². The molecule has 2 aliphatic rings. The molecule has 1 saturated heterocycles. The van der Waals surface area contributed by atoms with Crippen LogP contribution >= 0.6 is 22.6 Å². The van der Waals surface area contributed by atoms with Crippen molar-refractivity contribution in [3.8, 4) is 11.5 Å². The first kappa shape index (κ1) is 25.3. The van der Waals surface area contributed by atoms with Crippen LogP contribution in [0.25, 0.3) is 16.8 Å². The smallest absolute Gasteiger partial charge is 0.331 e. The second kappa shape index (κ2) is 10.9. The van der Waals surface area contributed by atoms with E-state index in [0.29, 0.717) is 30.3 Å². The number of rotatable bonds is 7. The summed E-state index contributed by atoms with van der Waals surface area (Å²) in [6.07, 6.45) is 4.96. The number of benzene rings is 3. The Bertz CT molecular complexity index is 1410. The summed E-state index contributed by atoms with van der Waals surface area (Å²) in [5.74, 6) is -0.119. The Morgan fingerprint density at radius 2 is 1.78 bits per heavy atom. The molecule has 5 rings (SSSR count). The monoisotopic (exact) mass is 610 g/mol. The topological polar surface area (TPSA) is 84.9 Å². The summed E-state index contributed by atoms with van der Waals surface area (Å²) in [6, 6.07) is 17.1. The van der Waals surface area contributed by atoms with Crippen molar-refractivity contribution in [1.29, 1.82) is 0 Å². The van der Waals surface area contributed by atoms with E-state index in [1.807, 2.05) is 37.3 Å². The molecule has 0 atom stereocenters. The number of urea groups is 1. The summed E-state index contributed by atoms with van der Waals surface area (Å²) >= 11 is 2.17. The number of halogens is 1. The van der Waals surface area contributed by atoms with Crippen LogP contribution in [-0.4, -0.2) is 35.4 Å². The molecule has 1 N–H and O–H groups in total. The van der Waals surface area contributed by atoms with Crippen molar-refractivity contribution in [2.75, 3.05) is 6.61 Å². The number of ether oxygens (including phenoxy) is 2. The Kier molecular flexibility index (Phi) is 7.45. The van der Waals surface area contributed by atoms with Gasteiger partial charge in [-0.3, -0.25) is 19.8 Å². The summed E-state index contributed by atoms with van der Waals surface area (Å²) in [6.45, 7) is 2.66. The Labute approximate surface area is 228 Å². The largest absolute Gasteiger partial charge is 0.490 e. The Hall–Kier alpha value is -3.40. The molecule has 4 amide bonds. The number of amides is 4. The predicted octanol–water partition coefficient (Wildman–Crippen LogP) is 5.83. The number of nitrogens with zero attached hydrogens (tertiary/aromatic N) is 1. The van der Waals surface area contributed by atoms with E-state index in [4.69, 9.17) is 9.47 Å². The van der Waals surface area contributed by atoms with Crippen molar-refractivity contribution in [2.45, 2.75) is 45.3 Å². The highest BCUT2D eigenvalue weighted by Crippen LogP contribution is 2.36. The third-order valence-electron chi connectivity index (χ3n) is 6.72. The van der Waals surface area contributed by atoms with Gasteiger partial charge in [0.05, 0.1) is 10.2 Å². The lowest BCUT2D eigenvalue weighted by atomic mass is 10.0. The molecule has 8 heteroatoms. The zero-order valence-electron chi connectivity index (χ0n) is 20.5. The van der Waals surface area contributed by atoms with E-state index in [1.54, 1.807) is 6.07 Å². The minimum absolute atomic E-state index is 0.0610. The highest BCUT2D eigenvalue weighted by Gasteiger charge is 2.40. The van der Waals surface area contributed by atoms with E-state index in [1.165, 1.54) is 11.0 Å². The van der Waals surface area contributed by atoms with Gasteiger partial charge in [-0.15, -0.1) is 0 Å². The number of hydrogen-bond donors (Lipinski definition) is 1. The fourth-order valence-corrected chi connectivity index (χ4v) is 5.76. The average molecular weight is 610 g/mol. The zero-order chi connectivity index (χ0) is 25.9. The molecule has 0 bridgehead atoms. The first-order valence-electron chi connectivity index (χ1n) is 12.4. The minimum atomic E-state index is -0.687. The van der Waals surface area contributed by atoms with Gasteiger partial charge in [0.15, 0.2) is 11.5 Å². The number of imide groups is 2. The van der Waals surface area contributed by atoms with Crippen LogP contribution in [0, 0.1) is 3.57 Å². The van der Waals surface area contributed by atoms with Crippen LogP contribution in [0.15, 0.2) is 60.2 Å². The van der Waals surface area contributed by atoms with Gasteiger partial charge in [0.1, 0.15) is 12.2 Å². The number of nitrogens with one attached hydrogen (secondary N) is 1. The third-order valence-corrected chi connectivity index (χ3v) is 7.52. The van der Waals surface area contributed by atoms with Gasteiger partial charge in [0, 0.05) is 6.04 Å². The van der Waals surface area contributed by atoms with E-state index in [-0.39, 0.29) is 11.6 Å². The number of carbonyl (C=O) groups is 3. The van der Waals surface area contributed by atoms with Gasteiger partial charge < -0.3 is 9.47 Å². The van der Waals surface area contributed by atoms with E-state index >= 15 is 0 Å². The fraction of sp³-hybridized carbons (Fsp3) is 0.276. The van der Waals surface area contributed by atoms with Crippen molar-refractivity contribution >= 4 is 57.3 Å². The molecule has 3 aromatic carbocycles. The first-order valence-corrected chi connectivity index (χ1v) is 13.5. The van der Waals surface area contributed by atoms with Crippen LogP contribution in [0.1, 0.15) is 43.7 Å². The second-order valence-electron chi connectivity index (χ2n) is 9.12. The summed E-state index contributed by atoms with van der Waals surface area (Å²) in [5.41, 5.74) is 1.61. The molecule has 1 heterocycles. The van der Waals surface area contributed by atoms with E-state index in [0.717, 1.165) is 45.6 Å². The van der Waals surface area contributed by atoms with Crippen LogP contribution in [-0.2, 0) is 16.2 Å². The lowest BCUT2D eigenvalue weighted by Gasteiger charge is -2.31. The molecule has 37 heavy (non-hydrogen) atoms. The molecular formula is C29H27IN2O5. The van der Waals surface area contributed by atoms with Crippen LogP contribution < -0.4 is 14.8 Å². The lowest BCUT2D eigenvalue weighted by Crippen LogP contribution is -2.57. The molecule has 1 saturated carbocycles. The molecule has 3 aromatic rings. The van der Waals surface area contributed by atoms with E-state index < -0.39 is 17.8 Å². The standard InChI is InChI=1S/C29H27IN2O5/c1-2-36-25-16-18(14-23-27(33)31-29(35)32(28(23)34)21-11-4-5-12-21)15-24(30)26(25)37-17-20-10-7-9-19-8-3-6-13-22(19)20/h3,6-10,13-16,21H,2,4-5,11-12,17H2,1H3,(H,31,33,35)/b23-14+. The molecule has 190 valence electrons. The third kappa shape index (κ3) is 5.20. The highest BCUT2D eigenvalue weighted by atomic mass is 127. The molecule has 0 radical (unpaired) electrons. The molecule has 7 nitrogen and oxygen atoms in total. The first-order chi connectivity index (χ1) is 18.0. The quantitative estimate of drug-likeness (QED) is 0.207. The summed E-state index contributed by atoms with van der Waals surface area (Å²) in [5, 5.41) is 4.60. The SMILES string of the molecule is CCOc1cc(/C=C2\C(=O)NC(=O)N(C3CCCC3)C2=O)cc(I)c1OCc1cccc2ccccc12. The Morgan fingerprint density at radius 1 is 1.03 bits per heavy atom. The van der Waals surface area contributed by atoms with Crippen molar-refractivity contribution < 1.29 is 23.9 Å². The Morgan fingerprint density at radius 3 is 2.57 bits per heavy atom. The van der Waals surface area contributed by atoms with Crippen LogP contribution in [0.4, 0.5) is 4.79 Å². The van der Waals surface area contributed by atoms with E-state index in [2.05, 4.69) is 46.1 Å². The molecule has 2 fully saturated rings. The maximum atomic E-state index is 13.2. The van der Waals surface area contributed by atoms with E-state index in [9.17, 15) is 14.4 Å². The zero-order valence-corrected chi connectivity index (χ0v) is 22.6. The van der Waals surface area contributed by atoms with Gasteiger partial charge in [-0.05, 0) is 82.5 Å². The molecule has 0 aromatic heterocycles. The number of carbonyl (C=O) groups excluding carboxylic acids is 3. The van der Waals surface area contributed by atoms with Crippen LogP contribution in [0.5, 0.6) is 11.5 Å². The van der Waals surface area contributed by atoms with Gasteiger partial charge in [0.25, 0.3) is 11.8 Å². The summed E-state index contributed by atoms with van der Waals surface area (Å²) in [4.78, 5) is 39.4. The maximum Gasteiger partial charge on any atom is 0.331 e.